The van der Waals surface area contributed by atoms with Crippen LogP contribution in [-0.4, -0.2) is 38.0 Å². The van der Waals surface area contributed by atoms with Gasteiger partial charge < -0.3 is 18.9 Å². The third-order valence-corrected chi connectivity index (χ3v) is 8.08. The number of halogens is 1. The second-order valence-corrected chi connectivity index (χ2v) is 10.8. The maximum Gasteiger partial charge on any atom is 0.338 e. The number of esters is 1. The number of ether oxygens (including phenoxy) is 4. The number of allylic oxidation sites excluding steroid dienone is 1. The van der Waals surface area contributed by atoms with E-state index >= 15 is 0 Å². The largest absolute Gasteiger partial charge is 0.496 e. The van der Waals surface area contributed by atoms with Gasteiger partial charge in [0.05, 0.1) is 29.5 Å². The van der Waals surface area contributed by atoms with E-state index in [1.165, 1.54) is 23.0 Å². The number of hydrogen-bond acceptors (Lipinski definition) is 8. The normalized spacial score (nSPS) is 14.8. The van der Waals surface area contributed by atoms with E-state index in [0.29, 0.717) is 43.7 Å². The zero-order chi connectivity index (χ0) is 29.6. The van der Waals surface area contributed by atoms with Gasteiger partial charge >= 0.3 is 5.97 Å². The first-order valence-corrected chi connectivity index (χ1v) is 14.4. The average Bonchev–Trinajstić information content (AvgIpc) is 3.30. The number of rotatable bonds is 10. The Kier molecular flexibility index (Phi) is 9.22. The molecule has 1 aliphatic rings. The number of carbonyl (C=O) groups excluding carboxylic acids is 1. The van der Waals surface area contributed by atoms with Crippen LogP contribution in [0.3, 0.4) is 0 Å². The van der Waals surface area contributed by atoms with Gasteiger partial charge in [-0.1, -0.05) is 71.5 Å². The summed E-state index contributed by atoms with van der Waals surface area (Å²) in [6.07, 6.45) is 1.80. The molecular weight excluding hydrogens is 576 g/mol. The van der Waals surface area contributed by atoms with Gasteiger partial charge in [0.15, 0.2) is 4.80 Å². The van der Waals surface area contributed by atoms with Gasteiger partial charge in [0, 0.05) is 23.3 Å². The van der Waals surface area contributed by atoms with Crippen molar-refractivity contribution in [1.82, 2.24) is 4.57 Å². The fourth-order valence-corrected chi connectivity index (χ4v) is 5.89. The Morgan fingerprint density at radius 3 is 2.50 bits per heavy atom. The lowest BCUT2D eigenvalue weighted by molar-refractivity contribution is -0.140. The van der Waals surface area contributed by atoms with Crippen molar-refractivity contribution in [2.45, 2.75) is 19.6 Å². The third kappa shape index (κ3) is 6.18. The van der Waals surface area contributed by atoms with Crippen LogP contribution < -0.4 is 24.4 Å². The lowest BCUT2D eigenvalue weighted by atomic mass is 9.95. The summed E-state index contributed by atoms with van der Waals surface area (Å²) < 4.78 is 24.0. The highest BCUT2D eigenvalue weighted by Gasteiger charge is 2.35. The first-order valence-electron chi connectivity index (χ1n) is 13.2. The summed E-state index contributed by atoms with van der Waals surface area (Å²) in [6, 6.07) is 21.5. The van der Waals surface area contributed by atoms with Crippen molar-refractivity contribution in [2.24, 2.45) is 4.99 Å². The smallest absolute Gasteiger partial charge is 0.338 e. The Morgan fingerprint density at radius 1 is 1.02 bits per heavy atom. The number of hydrogen-bond donors (Lipinski definition) is 0. The van der Waals surface area contributed by atoms with Crippen molar-refractivity contribution in [3.63, 3.8) is 0 Å². The molecule has 42 heavy (non-hydrogen) atoms. The Labute approximate surface area is 251 Å². The van der Waals surface area contributed by atoms with Gasteiger partial charge in [-0.05, 0) is 42.8 Å². The van der Waals surface area contributed by atoms with Crippen LogP contribution in [0.5, 0.6) is 11.5 Å². The van der Waals surface area contributed by atoms with Crippen LogP contribution in [-0.2, 0) is 20.9 Å². The average molecular weight is 605 g/mol. The minimum Gasteiger partial charge on any atom is -0.496 e. The van der Waals surface area contributed by atoms with E-state index in [9.17, 15) is 9.59 Å². The molecule has 0 radical (unpaired) electrons. The Bertz CT molecular complexity index is 1810. The molecule has 0 saturated carbocycles. The summed E-state index contributed by atoms with van der Waals surface area (Å²) in [7, 11) is 3.08. The van der Waals surface area contributed by atoms with E-state index in [1.54, 1.807) is 26.2 Å². The van der Waals surface area contributed by atoms with Crippen LogP contribution in [0.15, 0.2) is 93.9 Å². The number of nitrogens with zero attached hydrogens (tertiary/aromatic N) is 2. The molecular formula is C32H29ClN2O6S. The van der Waals surface area contributed by atoms with E-state index in [1.807, 2.05) is 66.7 Å². The van der Waals surface area contributed by atoms with Gasteiger partial charge in [0.1, 0.15) is 30.8 Å². The molecule has 4 aromatic rings. The van der Waals surface area contributed by atoms with Gasteiger partial charge in [-0.2, -0.15) is 0 Å². The van der Waals surface area contributed by atoms with Crippen LogP contribution in [0.25, 0.3) is 6.08 Å². The van der Waals surface area contributed by atoms with E-state index in [4.69, 9.17) is 30.5 Å². The number of methoxy groups -OCH3 is 2. The lowest BCUT2D eigenvalue weighted by Gasteiger charge is -2.26. The summed E-state index contributed by atoms with van der Waals surface area (Å²) in [6.45, 7) is 2.41. The molecule has 3 aromatic carbocycles. The molecule has 1 atom stereocenters. The number of fused-ring (bicyclic) bond motifs is 1. The SMILES string of the molecule is COCCOC(=O)C1=C(C)N=c2sc(=Cc3ccc(OCc4ccccc4Cl)cc3)c(=O)n2C1c1ccccc1OC. The van der Waals surface area contributed by atoms with E-state index in [2.05, 4.69) is 4.99 Å². The molecule has 0 fully saturated rings. The molecule has 216 valence electrons. The highest BCUT2D eigenvalue weighted by atomic mass is 35.5. The molecule has 5 rings (SSSR count). The molecule has 0 amide bonds. The molecule has 1 aliphatic heterocycles. The minimum atomic E-state index is -0.782. The van der Waals surface area contributed by atoms with Gasteiger partial charge in [-0.15, -0.1) is 0 Å². The number of thiazole rings is 1. The Balaban J connectivity index is 1.50. The van der Waals surface area contributed by atoms with Crippen molar-refractivity contribution in [3.8, 4) is 11.5 Å². The molecule has 0 saturated heterocycles. The van der Waals surface area contributed by atoms with Crippen LogP contribution >= 0.6 is 22.9 Å². The molecule has 0 bridgehead atoms. The molecule has 0 N–H and O–H groups in total. The van der Waals surface area contributed by atoms with Crippen LogP contribution in [0, 0.1) is 0 Å². The molecule has 8 nitrogen and oxygen atoms in total. The lowest BCUT2D eigenvalue weighted by Crippen LogP contribution is -2.40. The van der Waals surface area contributed by atoms with Crippen LogP contribution in [0.1, 0.15) is 29.7 Å². The van der Waals surface area contributed by atoms with Crippen LogP contribution in [0.4, 0.5) is 0 Å². The quantitative estimate of drug-likeness (QED) is 0.193. The zero-order valence-corrected chi connectivity index (χ0v) is 24.9. The highest BCUT2D eigenvalue weighted by Crippen LogP contribution is 2.35. The first-order chi connectivity index (χ1) is 20.4. The van der Waals surface area contributed by atoms with Crippen molar-refractivity contribution in [2.75, 3.05) is 27.4 Å². The first kappa shape index (κ1) is 29.3. The summed E-state index contributed by atoms with van der Waals surface area (Å²) in [5, 5.41) is 0.651. The Morgan fingerprint density at radius 2 is 1.76 bits per heavy atom. The minimum absolute atomic E-state index is 0.0767. The fraction of sp³-hybridized carbons (Fsp3) is 0.219. The second kappa shape index (κ2) is 13.2. The zero-order valence-electron chi connectivity index (χ0n) is 23.3. The standard InChI is InChI=1S/C32H29ClN2O6S/c1-20-28(31(37)40-17-16-38-2)29(24-9-5-7-11-26(24)39-3)35-30(36)27(42-32(35)34-20)18-21-12-14-23(15-13-21)41-19-22-8-4-6-10-25(22)33/h4-15,18,29H,16-17,19H2,1-3H3. The second-order valence-electron chi connectivity index (χ2n) is 9.40. The predicted octanol–water partition coefficient (Wildman–Crippen LogP) is 4.67. The van der Waals surface area contributed by atoms with E-state index < -0.39 is 12.0 Å². The fourth-order valence-electron chi connectivity index (χ4n) is 4.65. The summed E-state index contributed by atoms with van der Waals surface area (Å²) >= 11 is 7.49. The van der Waals surface area contributed by atoms with E-state index in [0.717, 1.165) is 11.1 Å². The summed E-state index contributed by atoms with van der Waals surface area (Å²) in [5.74, 6) is 0.657. The monoisotopic (exact) mass is 604 g/mol. The molecule has 0 aliphatic carbocycles. The maximum atomic E-state index is 13.9. The number of para-hydroxylation sites is 1. The van der Waals surface area contributed by atoms with Crippen LogP contribution in [0.2, 0.25) is 5.02 Å². The van der Waals surface area contributed by atoms with E-state index in [-0.39, 0.29) is 24.3 Å². The van der Waals surface area contributed by atoms with Crippen molar-refractivity contribution in [1.29, 1.82) is 0 Å². The number of carbonyl (C=O) groups is 1. The summed E-state index contributed by atoms with van der Waals surface area (Å²) in [5.41, 5.74) is 2.83. The predicted molar refractivity (Wildman–Crippen MR) is 162 cm³/mol. The molecule has 2 heterocycles. The molecule has 0 spiro atoms. The molecule has 10 heteroatoms. The van der Waals surface area contributed by atoms with Crippen molar-refractivity contribution in [3.05, 3.63) is 125 Å². The van der Waals surface area contributed by atoms with Gasteiger partial charge in [0.25, 0.3) is 5.56 Å². The number of aromatic nitrogens is 1. The Hall–Kier alpha value is -4.18. The summed E-state index contributed by atoms with van der Waals surface area (Å²) in [4.78, 5) is 32.3. The molecule has 1 aromatic heterocycles. The highest BCUT2D eigenvalue weighted by molar-refractivity contribution is 7.07. The van der Waals surface area contributed by atoms with Crippen molar-refractivity contribution < 1.29 is 23.7 Å². The number of benzene rings is 3. The van der Waals surface area contributed by atoms with Gasteiger partial charge in [-0.3, -0.25) is 9.36 Å². The van der Waals surface area contributed by atoms with Gasteiger partial charge in [0.2, 0.25) is 0 Å². The molecule has 1 unspecified atom stereocenters. The third-order valence-electron chi connectivity index (χ3n) is 6.73. The van der Waals surface area contributed by atoms with Gasteiger partial charge in [-0.25, -0.2) is 9.79 Å². The van der Waals surface area contributed by atoms with Crippen molar-refractivity contribution >= 4 is 35.0 Å². The topological polar surface area (TPSA) is 88.4 Å². The maximum absolute atomic E-state index is 13.9.